The molecule has 12 heavy (non-hydrogen) atoms. The van der Waals surface area contributed by atoms with Gasteiger partial charge in [0.25, 0.3) is 0 Å². The van der Waals surface area contributed by atoms with E-state index < -0.39 is 0 Å². The third-order valence-electron chi connectivity index (χ3n) is 1.94. The van der Waals surface area contributed by atoms with Crippen LogP contribution in [0.15, 0.2) is 0 Å². The first-order valence-electron chi connectivity index (χ1n) is 5.24. The van der Waals surface area contributed by atoms with Gasteiger partial charge in [-0.3, -0.25) is 0 Å². The summed E-state index contributed by atoms with van der Waals surface area (Å²) < 4.78 is 0. The molecule has 0 fully saturated rings. The summed E-state index contributed by atoms with van der Waals surface area (Å²) in [6.07, 6.45) is 1.31. The second kappa shape index (κ2) is 9.05. The van der Waals surface area contributed by atoms with E-state index in [1.807, 2.05) is 13.8 Å². The predicted octanol–water partition coefficient (Wildman–Crippen LogP) is 3.40. The van der Waals surface area contributed by atoms with Gasteiger partial charge in [0, 0.05) is 6.04 Å². The maximum absolute atomic E-state index is 2.39. The molecule has 0 aromatic rings. The summed E-state index contributed by atoms with van der Waals surface area (Å²) in [5, 5.41) is 0. The summed E-state index contributed by atoms with van der Waals surface area (Å²) in [5.41, 5.74) is 0. The molecule has 0 saturated heterocycles. The van der Waals surface area contributed by atoms with Gasteiger partial charge in [0.15, 0.2) is 0 Å². The number of rotatable bonds is 4. The van der Waals surface area contributed by atoms with E-state index in [4.69, 9.17) is 0 Å². The first kappa shape index (κ1) is 14.5. The Labute approximate surface area is 79.2 Å². The fraction of sp³-hybridized carbons (Fsp3) is 1.00. The van der Waals surface area contributed by atoms with E-state index in [9.17, 15) is 0 Å². The van der Waals surface area contributed by atoms with Gasteiger partial charge < -0.3 is 4.90 Å². The molecule has 0 aromatic heterocycles. The molecule has 1 heteroatoms. The van der Waals surface area contributed by atoms with E-state index in [0.717, 1.165) is 5.92 Å². The molecular formula is C11H27N. The number of hydrogen-bond acceptors (Lipinski definition) is 1. The van der Waals surface area contributed by atoms with Gasteiger partial charge in [0.2, 0.25) is 0 Å². The molecule has 0 aliphatic carbocycles. The highest BCUT2D eigenvalue weighted by Gasteiger charge is 2.02. The van der Waals surface area contributed by atoms with E-state index in [1.54, 1.807) is 0 Å². The highest BCUT2D eigenvalue weighted by molar-refractivity contribution is 4.57. The normalized spacial score (nSPS) is 10.5. The van der Waals surface area contributed by atoms with Gasteiger partial charge in [-0.2, -0.15) is 0 Å². The highest BCUT2D eigenvalue weighted by Crippen LogP contribution is 2.02. The number of hydrogen-bond donors (Lipinski definition) is 0. The van der Waals surface area contributed by atoms with Crippen molar-refractivity contribution >= 4 is 0 Å². The molecule has 0 rings (SSSR count). The SMILES string of the molecule is CC.CC(C)CCN(C)C(C)C. The molecule has 0 spiro atoms. The monoisotopic (exact) mass is 173 g/mol. The van der Waals surface area contributed by atoms with Crippen LogP contribution in [0.3, 0.4) is 0 Å². The molecule has 0 atom stereocenters. The standard InChI is InChI=1S/C9H21N.C2H6/c1-8(2)6-7-10(5)9(3)4;1-2/h8-9H,6-7H2,1-5H3;1-2H3. The molecule has 0 amide bonds. The zero-order valence-electron chi connectivity index (χ0n) is 10.0. The minimum atomic E-state index is 0.693. The molecule has 0 unspecified atom stereocenters. The molecule has 0 saturated carbocycles. The Bertz CT molecular complexity index is 77.1. The van der Waals surface area contributed by atoms with Gasteiger partial charge in [-0.05, 0) is 39.8 Å². The Balaban J connectivity index is 0. The Morgan fingerprint density at radius 1 is 1.00 bits per heavy atom. The fourth-order valence-corrected chi connectivity index (χ4v) is 0.720. The van der Waals surface area contributed by atoms with Crippen molar-refractivity contribution in [2.24, 2.45) is 5.92 Å². The van der Waals surface area contributed by atoms with Crippen molar-refractivity contribution in [3.8, 4) is 0 Å². The zero-order chi connectivity index (χ0) is 10.1. The van der Waals surface area contributed by atoms with E-state index in [-0.39, 0.29) is 0 Å². The number of nitrogens with zero attached hydrogens (tertiary/aromatic N) is 1. The Morgan fingerprint density at radius 3 is 1.67 bits per heavy atom. The van der Waals surface area contributed by atoms with Crippen molar-refractivity contribution in [3.63, 3.8) is 0 Å². The van der Waals surface area contributed by atoms with Crippen molar-refractivity contribution in [3.05, 3.63) is 0 Å². The Morgan fingerprint density at radius 2 is 1.42 bits per heavy atom. The van der Waals surface area contributed by atoms with Crippen molar-refractivity contribution in [2.45, 2.75) is 54.0 Å². The Hall–Kier alpha value is -0.0400. The smallest absolute Gasteiger partial charge is 0.00355 e. The Kier molecular flexibility index (Phi) is 10.9. The lowest BCUT2D eigenvalue weighted by Gasteiger charge is -2.21. The van der Waals surface area contributed by atoms with E-state index >= 15 is 0 Å². The largest absolute Gasteiger partial charge is 0.304 e. The van der Waals surface area contributed by atoms with Crippen molar-refractivity contribution in [2.75, 3.05) is 13.6 Å². The highest BCUT2D eigenvalue weighted by atomic mass is 15.1. The van der Waals surface area contributed by atoms with Crippen LogP contribution in [0.4, 0.5) is 0 Å². The maximum Gasteiger partial charge on any atom is 0.00355 e. The van der Waals surface area contributed by atoms with Gasteiger partial charge in [0.05, 0.1) is 0 Å². The molecule has 0 bridgehead atoms. The minimum absolute atomic E-state index is 0.693. The zero-order valence-corrected chi connectivity index (χ0v) is 10.0. The summed E-state index contributed by atoms with van der Waals surface area (Å²) in [5.74, 6) is 0.834. The van der Waals surface area contributed by atoms with Gasteiger partial charge in [-0.25, -0.2) is 0 Å². The van der Waals surface area contributed by atoms with E-state index in [1.165, 1.54) is 13.0 Å². The minimum Gasteiger partial charge on any atom is -0.304 e. The van der Waals surface area contributed by atoms with Crippen LogP contribution in [0.25, 0.3) is 0 Å². The maximum atomic E-state index is 2.39. The van der Waals surface area contributed by atoms with Crippen LogP contribution in [0.5, 0.6) is 0 Å². The topological polar surface area (TPSA) is 3.24 Å². The lowest BCUT2D eigenvalue weighted by atomic mass is 10.1. The summed E-state index contributed by atoms with van der Waals surface area (Å²) in [6.45, 7) is 14.2. The van der Waals surface area contributed by atoms with E-state index in [0.29, 0.717) is 6.04 Å². The molecule has 0 aromatic carbocycles. The summed E-state index contributed by atoms with van der Waals surface area (Å²) in [7, 11) is 2.19. The lowest BCUT2D eigenvalue weighted by molar-refractivity contribution is 0.258. The average Bonchev–Trinajstić information content (AvgIpc) is 2.03. The van der Waals surface area contributed by atoms with Crippen LogP contribution in [0.2, 0.25) is 0 Å². The average molecular weight is 173 g/mol. The third kappa shape index (κ3) is 9.96. The third-order valence-corrected chi connectivity index (χ3v) is 1.94. The second-order valence-corrected chi connectivity index (χ2v) is 3.76. The van der Waals surface area contributed by atoms with Crippen LogP contribution >= 0.6 is 0 Å². The quantitative estimate of drug-likeness (QED) is 0.630. The summed E-state index contributed by atoms with van der Waals surface area (Å²) in [4.78, 5) is 2.39. The van der Waals surface area contributed by atoms with Crippen LogP contribution in [0, 0.1) is 5.92 Å². The molecule has 76 valence electrons. The van der Waals surface area contributed by atoms with Gasteiger partial charge in [-0.15, -0.1) is 0 Å². The van der Waals surface area contributed by atoms with E-state index in [2.05, 4.69) is 39.6 Å². The summed E-state index contributed by atoms with van der Waals surface area (Å²) in [6, 6.07) is 0.693. The van der Waals surface area contributed by atoms with Crippen LogP contribution in [-0.2, 0) is 0 Å². The predicted molar refractivity (Wildman–Crippen MR) is 58.6 cm³/mol. The van der Waals surface area contributed by atoms with Gasteiger partial charge in [0.1, 0.15) is 0 Å². The lowest BCUT2D eigenvalue weighted by Crippen LogP contribution is -2.27. The van der Waals surface area contributed by atoms with Crippen LogP contribution in [0.1, 0.15) is 48.0 Å². The first-order valence-corrected chi connectivity index (χ1v) is 5.24. The molecule has 0 heterocycles. The van der Waals surface area contributed by atoms with Crippen molar-refractivity contribution in [1.29, 1.82) is 0 Å². The van der Waals surface area contributed by atoms with Crippen molar-refractivity contribution in [1.82, 2.24) is 4.90 Å². The van der Waals surface area contributed by atoms with Crippen LogP contribution < -0.4 is 0 Å². The second-order valence-electron chi connectivity index (χ2n) is 3.76. The molecule has 0 aliphatic heterocycles. The van der Waals surface area contributed by atoms with Crippen LogP contribution in [-0.4, -0.2) is 24.5 Å². The first-order chi connectivity index (χ1) is 5.54. The fourth-order valence-electron chi connectivity index (χ4n) is 0.720. The molecule has 0 N–H and O–H groups in total. The molecule has 1 nitrogen and oxygen atoms in total. The molecular weight excluding hydrogens is 146 g/mol. The van der Waals surface area contributed by atoms with Gasteiger partial charge in [-0.1, -0.05) is 27.7 Å². The molecule has 0 aliphatic rings. The van der Waals surface area contributed by atoms with Gasteiger partial charge >= 0.3 is 0 Å². The summed E-state index contributed by atoms with van der Waals surface area (Å²) >= 11 is 0. The van der Waals surface area contributed by atoms with Crippen molar-refractivity contribution < 1.29 is 0 Å². The molecule has 0 radical (unpaired) electrons.